The van der Waals surface area contributed by atoms with Crippen LogP contribution in [0.4, 0.5) is 18.0 Å². The van der Waals surface area contributed by atoms with Gasteiger partial charge in [-0.3, -0.25) is 9.59 Å². The number of aromatic nitrogens is 1. The van der Waals surface area contributed by atoms with Crippen LogP contribution in [-0.2, 0) is 11.3 Å². The van der Waals surface area contributed by atoms with Gasteiger partial charge in [0.05, 0.1) is 6.42 Å². The Labute approximate surface area is 170 Å². The molecule has 0 bridgehead atoms. The normalized spacial score (nSPS) is 17.0. The fourth-order valence-electron chi connectivity index (χ4n) is 3.46. The molecule has 1 saturated heterocycles. The minimum atomic E-state index is -4.37. The van der Waals surface area contributed by atoms with Crippen LogP contribution in [0.15, 0.2) is 35.1 Å². The number of hydrogen-bond acceptors (Lipinski definition) is 3. The molecule has 1 aromatic heterocycles. The van der Waals surface area contributed by atoms with E-state index in [0.717, 1.165) is 5.39 Å². The van der Waals surface area contributed by atoms with E-state index >= 15 is 0 Å². The van der Waals surface area contributed by atoms with Gasteiger partial charge in [0.25, 0.3) is 5.56 Å². The predicted octanol–water partition coefficient (Wildman–Crippen LogP) is 2.66. The van der Waals surface area contributed by atoms with Crippen LogP contribution in [-0.4, -0.2) is 47.1 Å². The van der Waals surface area contributed by atoms with Crippen LogP contribution in [0, 0.1) is 0 Å². The molecule has 0 radical (unpaired) electrons. The minimum Gasteiger partial charge on any atom is -0.341 e. The van der Waals surface area contributed by atoms with E-state index in [-0.39, 0.29) is 24.7 Å². The lowest BCUT2D eigenvalue weighted by Crippen LogP contribution is -2.52. The molecule has 1 aliphatic rings. The average Bonchev–Trinajstić information content (AvgIpc) is 2.70. The Kier molecular flexibility index (Phi) is 6.63. The molecular formula is C20H23F3N4O3. The molecule has 30 heavy (non-hydrogen) atoms. The number of pyridine rings is 1. The molecule has 2 aromatic rings. The highest BCUT2D eigenvalue weighted by atomic mass is 19.4. The van der Waals surface area contributed by atoms with Gasteiger partial charge in [-0.05, 0) is 30.4 Å². The number of carbonyl (C=O) groups is 2. The van der Waals surface area contributed by atoms with E-state index in [4.69, 9.17) is 0 Å². The molecule has 1 aromatic carbocycles. The van der Waals surface area contributed by atoms with Gasteiger partial charge in [0.15, 0.2) is 0 Å². The van der Waals surface area contributed by atoms with Crippen LogP contribution >= 0.6 is 0 Å². The molecule has 3 amide bonds. The number of para-hydroxylation sites is 1. The molecule has 3 rings (SSSR count). The van der Waals surface area contributed by atoms with Gasteiger partial charge in [0, 0.05) is 43.2 Å². The van der Waals surface area contributed by atoms with Crippen molar-refractivity contribution in [1.29, 1.82) is 0 Å². The van der Waals surface area contributed by atoms with E-state index < -0.39 is 31.0 Å². The number of likely N-dealkylation sites (tertiary alicyclic amines) is 1. The number of alkyl halides is 3. The second-order valence-corrected chi connectivity index (χ2v) is 7.33. The first-order valence-electron chi connectivity index (χ1n) is 9.71. The lowest BCUT2D eigenvalue weighted by molar-refractivity contribution is -0.149. The fourth-order valence-corrected chi connectivity index (χ4v) is 3.46. The lowest BCUT2D eigenvalue weighted by Gasteiger charge is -2.33. The summed E-state index contributed by atoms with van der Waals surface area (Å²) in [5, 5.41) is 6.19. The summed E-state index contributed by atoms with van der Waals surface area (Å²) in [6.07, 6.45) is -4.90. The Balaban J connectivity index is 1.50. The van der Waals surface area contributed by atoms with Crippen LogP contribution in [0.1, 0.15) is 31.2 Å². The standard InChI is InChI=1S/C20H23F3N4O3/c21-20(22,23)8-7-17(28)27-9-3-5-15(12-27)25-19(30)24-11-14-10-13-4-1-2-6-16(13)26-18(14)29/h1-2,4,6,10,15H,3,5,7-9,11-12H2,(H,26,29)(H2,24,25,30)/t15-/m1/s1. The predicted molar refractivity (Wildman–Crippen MR) is 105 cm³/mol. The number of piperidine rings is 1. The number of fused-ring (bicyclic) bond motifs is 1. The molecule has 0 unspecified atom stereocenters. The maximum atomic E-state index is 12.3. The quantitative estimate of drug-likeness (QED) is 0.689. The summed E-state index contributed by atoms with van der Waals surface area (Å²) in [7, 11) is 0. The van der Waals surface area contributed by atoms with Crippen molar-refractivity contribution in [2.24, 2.45) is 0 Å². The number of H-pyrrole nitrogens is 1. The molecule has 0 spiro atoms. The van der Waals surface area contributed by atoms with E-state index in [2.05, 4.69) is 15.6 Å². The molecule has 7 nitrogen and oxygen atoms in total. The summed E-state index contributed by atoms with van der Waals surface area (Å²) in [5.74, 6) is -0.568. The highest BCUT2D eigenvalue weighted by molar-refractivity contribution is 5.79. The van der Waals surface area contributed by atoms with E-state index in [1.54, 1.807) is 12.1 Å². The zero-order valence-electron chi connectivity index (χ0n) is 16.2. The van der Waals surface area contributed by atoms with Gasteiger partial charge in [-0.15, -0.1) is 0 Å². The molecular weight excluding hydrogens is 401 g/mol. The van der Waals surface area contributed by atoms with Gasteiger partial charge in [0.2, 0.25) is 5.91 Å². The van der Waals surface area contributed by atoms with E-state index in [0.29, 0.717) is 30.5 Å². The SMILES string of the molecule is O=C(NCc1cc2ccccc2[nH]c1=O)N[C@@H]1CCCN(C(=O)CCC(F)(F)F)C1. The van der Waals surface area contributed by atoms with Crippen LogP contribution < -0.4 is 16.2 Å². The van der Waals surface area contributed by atoms with Crippen molar-refractivity contribution in [2.75, 3.05) is 13.1 Å². The minimum absolute atomic E-state index is 0.0208. The number of amides is 3. The molecule has 1 atom stereocenters. The first-order chi connectivity index (χ1) is 14.2. The molecule has 0 aliphatic carbocycles. The fraction of sp³-hybridized carbons (Fsp3) is 0.450. The van der Waals surface area contributed by atoms with Crippen molar-refractivity contribution >= 4 is 22.8 Å². The second-order valence-electron chi connectivity index (χ2n) is 7.33. The number of aromatic amines is 1. The van der Waals surface area contributed by atoms with Gasteiger partial charge in [-0.25, -0.2) is 4.79 Å². The second kappa shape index (κ2) is 9.19. The molecule has 3 N–H and O–H groups in total. The third-order valence-electron chi connectivity index (χ3n) is 5.00. The number of nitrogens with zero attached hydrogens (tertiary/aromatic N) is 1. The third-order valence-corrected chi connectivity index (χ3v) is 5.00. The van der Waals surface area contributed by atoms with Crippen molar-refractivity contribution in [3.8, 4) is 0 Å². The van der Waals surface area contributed by atoms with Crippen molar-refractivity contribution in [3.05, 3.63) is 46.2 Å². The monoisotopic (exact) mass is 424 g/mol. The van der Waals surface area contributed by atoms with Crippen LogP contribution in [0.5, 0.6) is 0 Å². The number of urea groups is 1. The van der Waals surface area contributed by atoms with Gasteiger partial charge in [-0.2, -0.15) is 13.2 Å². The molecule has 1 fully saturated rings. The number of benzene rings is 1. The summed E-state index contributed by atoms with van der Waals surface area (Å²) in [6, 6.07) is 8.13. The molecule has 2 heterocycles. The van der Waals surface area contributed by atoms with Gasteiger partial charge < -0.3 is 20.5 Å². The Hall–Kier alpha value is -3.04. The zero-order chi connectivity index (χ0) is 21.7. The average molecular weight is 424 g/mol. The summed E-state index contributed by atoms with van der Waals surface area (Å²) in [4.78, 5) is 40.4. The zero-order valence-corrected chi connectivity index (χ0v) is 16.2. The maximum Gasteiger partial charge on any atom is 0.389 e. The first-order valence-corrected chi connectivity index (χ1v) is 9.71. The summed E-state index contributed by atoms with van der Waals surface area (Å²) in [5.41, 5.74) is 0.803. The van der Waals surface area contributed by atoms with Crippen LogP contribution in [0.3, 0.4) is 0 Å². The summed E-state index contributed by atoms with van der Waals surface area (Å²) < 4.78 is 36.9. The number of hydrogen-bond donors (Lipinski definition) is 3. The smallest absolute Gasteiger partial charge is 0.341 e. The largest absolute Gasteiger partial charge is 0.389 e. The van der Waals surface area contributed by atoms with Crippen molar-refractivity contribution in [3.63, 3.8) is 0 Å². The van der Waals surface area contributed by atoms with Gasteiger partial charge in [-0.1, -0.05) is 18.2 Å². The highest BCUT2D eigenvalue weighted by Crippen LogP contribution is 2.22. The van der Waals surface area contributed by atoms with Crippen molar-refractivity contribution in [1.82, 2.24) is 20.5 Å². The van der Waals surface area contributed by atoms with Crippen LogP contribution in [0.2, 0.25) is 0 Å². The Bertz CT molecular complexity index is 974. The summed E-state index contributed by atoms with van der Waals surface area (Å²) in [6.45, 7) is 0.566. The topological polar surface area (TPSA) is 94.3 Å². The molecule has 1 aliphatic heterocycles. The number of halogens is 3. The highest BCUT2D eigenvalue weighted by Gasteiger charge is 2.31. The lowest BCUT2D eigenvalue weighted by atomic mass is 10.1. The Morgan fingerprint density at radius 3 is 2.77 bits per heavy atom. The van der Waals surface area contributed by atoms with Crippen LogP contribution in [0.25, 0.3) is 10.9 Å². The van der Waals surface area contributed by atoms with Crippen molar-refractivity contribution < 1.29 is 22.8 Å². The van der Waals surface area contributed by atoms with Gasteiger partial charge >= 0.3 is 12.2 Å². The van der Waals surface area contributed by atoms with E-state index in [9.17, 15) is 27.6 Å². The molecule has 10 heteroatoms. The molecule has 0 saturated carbocycles. The number of carbonyl (C=O) groups excluding carboxylic acids is 2. The number of nitrogens with one attached hydrogen (secondary N) is 3. The third kappa shape index (κ3) is 5.98. The van der Waals surface area contributed by atoms with Gasteiger partial charge in [0.1, 0.15) is 0 Å². The maximum absolute atomic E-state index is 12.3. The van der Waals surface area contributed by atoms with E-state index in [1.807, 2.05) is 18.2 Å². The first kappa shape index (κ1) is 21.7. The number of rotatable bonds is 5. The van der Waals surface area contributed by atoms with E-state index in [1.165, 1.54) is 4.90 Å². The summed E-state index contributed by atoms with van der Waals surface area (Å²) >= 11 is 0. The molecule has 162 valence electrons. The Morgan fingerprint density at radius 1 is 1.23 bits per heavy atom. The van der Waals surface area contributed by atoms with Crippen molar-refractivity contribution in [2.45, 2.75) is 44.4 Å². The Morgan fingerprint density at radius 2 is 2.00 bits per heavy atom.